The van der Waals surface area contributed by atoms with Gasteiger partial charge in [-0.1, -0.05) is 6.08 Å². The summed E-state index contributed by atoms with van der Waals surface area (Å²) in [5, 5.41) is 9.02. The Bertz CT molecular complexity index is 665. The molecule has 2 aliphatic rings. The van der Waals surface area contributed by atoms with Crippen LogP contribution >= 0.6 is 0 Å². The number of rotatable bonds is 2. The third-order valence-corrected chi connectivity index (χ3v) is 4.06. The van der Waals surface area contributed by atoms with Crippen LogP contribution in [0.3, 0.4) is 0 Å². The van der Waals surface area contributed by atoms with Crippen molar-refractivity contribution in [1.29, 1.82) is 0 Å². The van der Waals surface area contributed by atoms with E-state index in [1.807, 2.05) is 16.3 Å². The first-order valence-corrected chi connectivity index (χ1v) is 7.28. The van der Waals surface area contributed by atoms with Gasteiger partial charge in [-0.15, -0.1) is 0 Å². The van der Waals surface area contributed by atoms with E-state index in [4.69, 9.17) is 0 Å². The number of aromatic nitrogens is 6. The van der Waals surface area contributed by atoms with Crippen LogP contribution in [0.1, 0.15) is 36.1 Å². The minimum atomic E-state index is 0.583. The summed E-state index contributed by atoms with van der Waals surface area (Å²) in [4.78, 5) is 9.13. The third-order valence-electron chi connectivity index (χ3n) is 4.06. The molecule has 0 spiro atoms. The molecule has 0 fully saturated rings. The summed E-state index contributed by atoms with van der Waals surface area (Å²) in [7, 11) is 0. The van der Waals surface area contributed by atoms with Crippen molar-refractivity contribution in [3.63, 3.8) is 0 Å². The fourth-order valence-corrected chi connectivity index (χ4v) is 3.09. The number of fused-ring (bicyclic) bond motifs is 2. The van der Waals surface area contributed by atoms with Gasteiger partial charge in [-0.05, 0) is 31.8 Å². The number of hydrogen-bond acceptors (Lipinski definition) is 4. The van der Waals surface area contributed by atoms with Crippen molar-refractivity contribution in [2.24, 2.45) is 5.92 Å². The maximum atomic E-state index is 4.63. The molecule has 1 unspecified atom stereocenters. The summed E-state index contributed by atoms with van der Waals surface area (Å²) in [6, 6.07) is 0. The molecule has 6 nitrogen and oxygen atoms in total. The van der Waals surface area contributed by atoms with Crippen LogP contribution in [0.5, 0.6) is 0 Å². The van der Waals surface area contributed by atoms with E-state index in [1.165, 1.54) is 0 Å². The van der Waals surface area contributed by atoms with Crippen LogP contribution in [-0.4, -0.2) is 29.5 Å². The van der Waals surface area contributed by atoms with E-state index < -0.39 is 0 Å². The maximum Gasteiger partial charge on any atom is 0.151 e. The molecule has 2 aromatic heterocycles. The number of nitrogens with zero attached hydrogens (tertiary/aromatic N) is 6. The zero-order chi connectivity index (χ0) is 13.5. The van der Waals surface area contributed by atoms with Gasteiger partial charge in [0, 0.05) is 25.9 Å². The van der Waals surface area contributed by atoms with Gasteiger partial charge in [0.25, 0.3) is 0 Å². The molecule has 0 N–H and O–H groups in total. The van der Waals surface area contributed by atoms with Crippen molar-refractivity contribution in [2.45, 2.75) is 45.7 Å². The van der Waals surface area contributed by atoms with Crippen LogP contribution in [0.25, 0.3) is 6.08 Å². The standard InChI is InChI=1S/C14H18N6/c1-10-15-14-9-11(5-7-20(14)17-10)8-12-16-13-4-2-3-6-19(13)18-12/h2,4,11H,3,5-9H2,1H3. The summed E-state index contributed by atoms with van der Waals surface area (Å²) in [6.07, 6.45) is 8.36. The zero-order valence-electron chi connectivity index (χ0n) is 11.7. The second-order valence-electron chi connectivity index (χ2n) is 5.66. The van der Waals surface area contributed by atoms with Crippen LogP contribution in [-0.2, 0) is 25.9 Å². The molecule has 0 amide bonds. The molecule has 0 bridgehead atoms. The van der Waals surface area contributed by atoms with Gasteiger partial charge in [-0.3, -0.25) is 0 Å². The highest BCUT2D eigenvalue weighted by molar-refractivity contribution is 5.41. The highest BCUT2D eigenvalue weighted by atomic mass is 15.4. The van der Waals surface area contributed by atoms with E-state index >= 15 is 0 Å². The van der Waals surface area contributed by atoms with Gasteiger partial charge in [0.05, 0.1) is 0 Å². The highest BCUT2D eigenvalue weighted by Gasteiger charge is 2.23. The second kappa shape index (κ2) is 4.54. The summed E-state index contributed by atoms with van der Waals surface area (Å²) >= 11 is 0. The monoisotopic (exact) mass is 270 g/mol. The molecule has 6 heteroatoms. The molecule has 104 valence electrons. The van der Waals surface area contributed by atoms with Gasteiger partial charge in [-0.25, -0.2) is 19.3 Å². The van der Waals surface area contributed by atoms with Gasteiger partial charge >= 0.3 is 0 Å². The number of hydrogen-bond donors (Lipinski definition) is 0. The van der Waals surface area contributed by atoms with E-state index in [0.29, 0.717) is 5.92 Å². The Hall–Kier alpha value is -1.98. The normalized spacial score (nSPS) is 20.8. The van der Waals surface area contributed by atoms with Crippen molar-refractivity contribution in [2.75, 3.05) is 0 Å². The molecule has 0 radical (unpaired) electrons. The molecule has 2 aromatic rings. The SMILES string of the molecule is Cc1nc2n(n1)CCC(Cc1nc3n(n1)CCC=C3)C2. The first kappa shape index (κ1) is 11.8. The van der Waals surface area contributed by atoms with E-state index in [9.17, 15) is 0 Å². The van der Waals surface area contributed by atoms with E-state index in [2.05, 4.69) is 32.3 Å². The Kier molecular flexibility index (Phi) is 2.68. The van der Waals surface area contributed by atoms with Crippen molar-refractivity contribution in [3.8, 4) is 0 Å². The maximum absolute atomic E-state index is 4.63. The van der Waals surface area contributed by atoms with Gasteiger partial charge < -0.3 is 0 Å². The van der Waals surface area contributed by atoms with Crippen LogP contribution < -0.4 is 0 Å². The minimum absolute atomic E-state index is 0.583. The molecule has 2 aliphatic heterocycles. The Morgan fingerprint density at radius 3 is 3.05 bits per heavy atom. The van der Waals surface area contributed by atoms with Gasteiger partial charge in [0.15, 0.2) is 11.6 Å². The summed E-state index contributed by atoms with van der Waals surface area (Å²) in [5.41, 5.74) is 0. The smallest absolute Gasteiger partial charge is 0.151 e. The third kappa shape index (κ3) is 2.05. The van der Waals surface area contributed by atoms with Crippen LogP contribution in [0, 0.1) is 12.8 Å². The molecule has 4 heterocycles. The fourth-order valence-electron chi connectivity index (χ4n) is 3.09. The zero-order valence-corrected chi connectivity index (χ0v) is 11.7. The van der Waals surface area contributed by atoms with Crippen molar-refractivity contribution in [3.05, 3.63) is 29.4 Å². The Morgan fingerprint density at radius 2 is 2.15 bits per heavy atom. The van der Waals surface area contributed by atoms with Crippen LogP contribution in [0.2, 0.25) is 0 Å². The second-order valence-corrected chi connectivity index (χ2v) is 5.66. The Labute approximate surface area is 117 Å². The lowest BCUT2D eigenvalue weighted by molar-refractivity contribution is 0.355. The molecule has 1 atom stereocenters. The van der Waals surface area contributed by atoms with Crippen molar-refractivity contribution >= 4 is 6.08 Å². The lowest BCUT2D eigenvalue weighted by Crippen LogP contribution is -2.22. The summed E-state index contributed by atoms with van der Waals surface area (Å²) in [5.74, 6) is 4.55. The molecule has 20 heavy (non-hydrogen) atoms. The summed E-state index contributed by atoms with van der Waals surface area (Å²) < 4.78 is 4.06. The first-order valence-electron chi connectivity index (χ1n) is 7.28. The highest BCUT2D eigenvalue weighted by Crippen LogP contribution is 2.22. The number of aryl methyl sites for hydroxylation is 3. The predicted molar refractivity (Wildman–Crippen MR) is 73.9 cm³/mol. The van der Waals surface area contributed by atoms with Gasteiger partial charge in [0.2, 0.25) is 0 Å². The Balaban J connectivity index is 1.50. The molecular weight excluding hydrogens is 252 g/mol. The van der Waals surface area contributed by atoms with E-state index in [1.54, 1.807) is 0 Å². The van der Waals surface area contributed by atoms with E-state index in [0.717, 1.165) is 62.1 Å². The Morgan fingerprint density at radius 1 is 1.20 bits per heavy atom. The van der Waals surface area contributed by atoms with Gasteiger partial charge in [0.1, 0.15) is 11.6 Å². The largest absolute Gasteiger partial charge is 0.250 e. The average molecular weight is 270 g/mol. The predicted octanol–water partition coefficient (Wildman–Crippen LogP) is 1.40. The van der Waals surface area contributed by atoms with Crippen molar-refractivity contribution in [1.82, 2.24) is 29.5 Å². The van der Waals surface area contributed by atoms with Gasteiger partial charge in [-0.2, -0.15) is 10.2 Å². The molecule has 0 saturated heterocycles. The lowest BCUT2D eigenvalue weighted by atomic mass is 9.94. The number of allylic oxidation sites excluding steroid dienone is 1. The summed E-state index contributed by atoms with van der Waals surface area (Å²) in [6.45, 7) is 3.88. The molecular formula is C14H18N6. The first-order chi connectivity index (χ1) is 9.78. The minimum Gasteiger partial charge on any atom is -0.250 e. The lowest BCUT2D eigenvalue weighted by Gasteiger charge is -2.20. The average Bonchev–Trinajstić information content (AvgIpc) is 2.99. The fraction of sp³-hybridized carbons (Fsp3) is 0.571. The topological polar surface area (TPSA) is 61.4 Å². The molecule has 0 aliphatic carbocycles. The van der Waals surface area contributed by atoms with Crippen molar-refractivity contribution < 1.29 is 0 Å². The molecule has 0 aromatic carbocycles. The van der Waals surface area contributed by atoms with Crippen LogP contribution in [0.15, 0.2) is 6.08 Å². The quantitative estimate of drug-likeness (QED) is 0.827. The molecule has 4 rings (SSSR count). The molecule has 0 saturated carbocycles. The van der Waals surface area contributed by atoms with Crippen LogP contribution in [0.4, 0.5) is 0 Å². The van der Waals surface area contributed by atoms with E-state index in [-0.39, 0.29) is 0 Å².